The van der Waals surface area contributed by atoms with E-state index in [1.807, 2.05) is 12.1 Å². The summed E-state index contributed by atoms with van der Waals surface area (Å²) in [5, 5.41) is 4.06. The molecule has 2 heterocycles. The van der Waals surface area contributed by atoms with Gasteiger partial charge in [-0.1, -0.05) is 25.1 Å². The molecule has 3 rings (SSSR count). The van der Waals surface area contributed by atoms with Gasteiger partial charge < -0.3 is 5.32 Å². The van der Waals surface area contributed by atoms with Crippen LogP contribution < -0.4 is 10.0 Å². The number of rotatable bonds is 3. The van der Waals surface area contributed by atoms with Gasteiger partial charge in [0.25, 0.3) is 0 Å². The largest absolute Gasteiger partial charge is 0.315 e. The first-order valence-electron chi connectivity index (χ1n) is 7.15. The summed E-state index contributed by atoms with van der Waals surface area (Å²) in [5.74, 6) is 0.323. The summed E-state index contributed by atoms with van der Waals surface area (Å²) < 4.78 is 28.2. The van der Waals surface area contributed by atoms with Gasteiger partial charge in [-0.15, -0.1) is 12.4 Å². The number of hydrogen-bond acceptors (Lipinski definition) is 4. The van der Waals surface area contributed by atoms with Crippen LogP contribution in [0.1, 0.15) is 13.3 Å². The molecule has 22 heavy (non-hydrogen) atoms. The molecule has 0 spiro atoms. The molecule has 0 radical (unpaired) electrons. The van der Waals surface area contributed by atoms with Crippen molar-refractivity contribution >= 4 is 33.3 Å². The van der Waals surface area contributed by atoms with Crippen molar-refractivity contribution < 1.29 is 8.42 Å². The summed E-state index contributed by atoms with van der Waals surface area (Å²) in [6, 6.07) is 8.82. The molecule has 1 aliphatic heterocycles. The van der Waals surface area contributed by atoms with Crippen molar-refractivity contribution in [2.75, 3.05) is 13.1 Å². The zero-order valence-electron chi connectivity index (χ0n) is 12.3. The molecule has 5 nitrogen and oxygen atoms in total. The third-order valence-electron chi connectivity index (χ3n) is 4.02. The molecule has 2 unspecified atom stereocenters. The highest BCUT2D eigenvalue weighted by Gasteiger charge is 2.27. The Kier molecular flexibility index (Phi) is 5.39. The van der Waals surface area contributed by atoms with Gasteiger partial charge in [-0.3, -0.25) is 4.98 Å². The molecule has 2 atom stereocenters. The van der Waals surface area contributed by atoms with Crippen LogP contribution in [0.3, 0.4) is 0 Å². The van der Waals surface area contributed by atoms with Gasteiger partial charge in [0.15, 0.2) is 0 Å². The second-order valence-corrected chi connectivity index (χ2v) is 7.21. The van der Waals surface area contributed by atoms with Gasteiger partial charge in [-0.05, 0) is 31.0 Å². The minimum Gasteiger partial charge on any atom is -0.315 e. The fourth-order valence-electron chi connectivity index (χ4n) is 2.70. The molecule has 1 aromatic carbocycles. The van der Waals surface area contributed by atoms with E-state index in [0.717, 1.165) is 18.4 Å². The molecule has 0 bridgehead atoms. The minimum atomic E-state index is -3.57. The Balaban J connectivity index is 0.00000176. The number of halogens is 1. The Morgan fingerprint density at radius 1 is 1.27 bits per heavy atom. The molecule has 2 aromatic rings. The standard InChI is InChI=1S/C15H19N3O2S.ClH/c1-11-7-9-16-10-13(11)18-21(19,20)14-6-2-4-12-5-3-8-17-15(12)14;/h2-6,8,11,13,16,18H,7,9-10H2,1H3;1H. The number of fused-ring (bicyclic) bond motifs is 1. The summed E-state index contributed by atoms with van der Waals surface area (Å²) in [6.45, 7) is 3.68. The Labute approximate surface area is 137 Å². The number of sulfonamides is 1. The van der Waals surface area contributed by atoms with Crippen molar-refractivity contribution in [3.05, 3.63) is 36.5 Å². The molecular formula is C15H20ClN3O2S. The zero-order chi connectivity index (χ0) is 14.9. The number of aromatic nitrogens is 1. The van der Waals surface area contributed by atoms with E-state index in [-0.39, 0.29) is 23.3 Å². The lowest BCUT2D eigenvalue weighted by Gasteiger charge is -2.30. The van der Waals surface area contributed by atoms with Crippen LogP contribution in [0.2, 0.25) is 0 Å². The zero-order valence-corrected chi connectivity index (χ0v) is 14.0. The highest BCUT2D eigenvalue weighted by Crippen LogP contribution is 2.22. The van der Waals surface area contributed by atoms with Gasteiger partial charge >= 0.3 is 0 Å². The quantitative estimate of drug-likeness (QED) is 0.895. The molecule has 2 N–H and O–H groups in total. The van der Waals surface area contributed by atoms with Crippen molar-refractivity contribution in [2.45, 2.75) is 24.3 Å². The van der Waals surface area contributed by atoms with Crippen molar-refractivity contribution in [3.63, 3.8) is 0 Å². The number of pyridine rings is 1. The number of hydrogen-bond donors (Lipinski definition) is 2. The summed E-state index contributed by atoms with van der Waals surface area (Å²) in [4.78, 5) is 4.47. The third-order valence-corrected chi connectivity index (χ3v) is 5.54. The first-order valence-corrected chi connectivity index (χ1v) is 8.63. The number of nitrogens with one attached hydrogen (secondary N) is 2. The molecular weight excluding hydrogens is 322 g/mol. The van der Waals surface area contributed by atoms with E-state index in [1.165, 1.54) is 0 Å². The third kappa shape index (κ3) is 3.41. The van der Waals surface area contributed by atoms with Crippen LogP contribution in [-0.4, -0.2) is 32.5 Å². The second-order valence-electron chi connectivity index (χ2n) is 5.53. The first kappa shape index (κ1) is 17.1. The fourth-order valence-corrected chi connectivity index (χ4v) is 4.23. The van der Waals surface area contributed by atoms with Crippen molar-refractivity contribution in [1.82, 2.24) is 15.0 Å². The maximum Gasteiger partial charge on any atom is 0.243 e. The average Bonchev–Trinajstić information content (AvgIpc) is 2.49. The number of piperidine rings is 1. The molecule has 1 fully saturated rings. The van der Waals surface area contributed by atoms with Crippen molar-refractivity contribution in [1.29, 1.82) is 0 Å². The van der Waals surface area contributed by atoms with Gasteiger partial charge in [0.1, 0.15) is 4.90 Å². The van der Waals surface area contributed by atoms with Crippen LogP contribution in [0.15, 0.2) is 41.4 Å². The van der Waals surface area contributed by atoms with E-state index in [4.69, 9.17) is 0 Å². The van der Waals surface area contributed by atoms with E-state index < -0.39 is 10.0 Å². The average molecular weight is 342 g/mol. The Morgan fingerprint density at radius 2 is 2.05 bits per heavy atom. The Morgan fingerprint density at radius 3 is 2.82 bits per heavy atom. The maximum atomic E-state index is 12.7. The van der Waals surface area contributed by atoms with Gasteiger partial charge in [0, 0.05) is 24.2 Å². The molecule has 1 saturated heterocycles. The summed E-state index contributed by atoms with van der Waals surface area (Å²) in [7, 11) is -3.57. The predicted molar refractivity (Wildman–Crippen MR) is 89.8 cm³/mol. The van der Waals surface area contributed by atoms with E-state index in [9.17, 15) is 8.42 Å². The lowest BCUT2D eigenvalue weighted by atomic mass is 9.96. The summed E-state index contributed by atoms with van der Waals surface area (Å²) in [5.41, 5.74) is 0.518. The molecule has 0 aliphatic carbocycles. The van der Waals surface area contributed by atoms with Crippen LogP contribution >= 0.6 is 12.4 Å². The second kappa shape index (κ2) is 6.91. The lowest BCUT2D eigenvalue weighted by Crippen LogP contribution is -2.50. The normalized spacial score (nSPS) is 22.2. The van der Waals surface area contributed by atoms with Gasteiger partial charge in [0.05, 0.1) is 5.52 Å². The van der Waals surface area contributed by atoms with Crippen molar-refractivity contribution in [3.8, 4) is 0 Å². The molecule has 1 aromatic heterocycles. The van der Waals surface area contributed by atoms with Crippen molar-refractivity contribution in [2.24, 2.45) is 5.92 Å². The fraction of sp³-hybridized carbons (Fsp3) is 0.400. The Hall–Kier alpha value is -1.21. The summed E-state index contributed by atoms with van der Waals surface area (Å²) >= 11 is 0. The van der Waals surface area contributed by atoms with Gasteiger partial charge in [-0.25, -0.2) is 13.1 Å². The predicted octanol–water partition coefficient (Wildman–Crippen LogP) is 1.93. The van der Waals surface area contributed by atoms with Crippen LogP contribution in [0.5, 0.6) is 0 Å². The molecule has 7 heteroatoms. The molecule has 1 aliphatic rings. The van der Waals surface area contributed by atoms with E-state index in [0.29, 0.717) is 18.0 Å². The van der Waals surface area contributed by atoms with E-state index in [2.05, 4.69) is 21.9 Å². The highest BCUT2D eigenvalue weighted by molar-refractivity contribution is 7.89. The molecule has 0 amide bonds. The van der Waals surface area contributed by atoms with E-state index >= 15 is 0 Å². The van der Waals surface area contributed by atoms with Crippen LogP contribution in [-0.2, 0) is 10.0 Å². The Bertz CT molecular complexity index is 746. The number of nitrogens with zero attached hydrogens (tertiary/aromatic N) is 1. The lowest BCUT2D eigenvalue weighted by molar-refractivity contribution is 0.327. The van der Waals surface area contributed by atoms with Crippen LogP contribution in [0, 0.1) is 5.92 Å². The number of para-hydroxylation sites is 1. The first-order chi connectivity index (χ1) is 10.1. The van der Waals surface area contributed by atoms with Crippen LogP contribution in [0.25, 0.3) is 10.9 Å². The van der Waals surface area contributed by atoms with Gasteiger partial charge in [-0.2, -0.15) is 0 Å². The minimum absolute atomic E-state index is 0. The summed E-state index contributed by atoms with van der Waals surface area (Å²) in [6.07, 6.45) is 2.59. The van der Waals surface area contributed by atoms with Crippen LogP contribution in [0.4, 0.5) is 0 Å². The monoisotopic (exact) mass is 341 g/mol. The topological polar surface area (TPSA) is 71.1 Å². The van der Waals surface area contributed by atoms with E-state index in [1.54, 1.807) is 24.4 Å². The number of benzene rings is 1. The maximum absolute atomic E-state index is 12.7. The molecule has 0 saturated carbocycles. The smallest absolute Gasteiger partial charge is 0.243 e. The SMILES string of the molecule is CC1CCNCC1NS(=O)(=O)c1cccc2cccnc12.Cl. The van der Waals surface area contributed by atoms with Gasteiger partial charge in [0.2, 0.25) is 10.0 Å². The highest BCUT2D eigenvalue weighted by atomic mass is 35.5. The molecule has 120 valence electrons.